The van der Waals surface area contributed by atoms with Crippen molar-refractivity contribution in [1.82, 2.24) is 0 Å². The molecule has 21 heavy (non-hydrogen) atoms. The molecule has 1 aromatic carbocycles. The van der Waals surface area contributed by atoms with Gasteiger partial charge in [-0.1, -0.05) is 37.0 Å². The first-order valence-corrected chi connectivity index (χ1v) is 8.28. The summed E-state index contributed by atoms with van der Waals surface area (Å²) in [5.41, 5.74) is 7.85. The monoisotopic (exact) mass is 288 g/mol. The molecule has 2 N–H and O–H groups in total. The van der Waals surface area contributed by atoms with Crippen molar-refractivity contribution in [3.05, 3.63) is 29.8 Å². The molecule has 1 aliphatic rings. The predicted octanol–water partition coefficient (Wildman–Crippen LogP) is 3.65. The molecule has 116 valence electrons. The van der Waals surface area contributed by atoms with Crippen molar-refractivity contribution in [2.24, 2.45) is 11.7 Å². The molecule has 3 nitrogen and oxygen atoms in total. The molecule has 1 amide bonds. The lowest BCUT2D eigenvalue weighted by molar-refractivity contribution is -0.119. The summed E-state index contributed by atoms with van der Waals surface area (Å²) in [6.45, 7) is 3.42. The number of hydrogen-bond donors (Lipinski definition) is 1. The van der Waals surface area contributed by atoms with Gasteiger partial charge >= 0.3 is 0 Å². The molecule has 0 aliphatic heterocycles. The lowest BCUT2D eigenvalue weighted by Gasteiger charge is -2.27. The van der Waals surface area contributed by atoms with Gasteiger partial charge in [0.1, 0.15) is 0 Å². The molecule has 1 aliphatic carbocycles. The molecule has 0 radical (unpaired) electrons. The molecule has 1 fully saturated rings. The summed E-state index contributed by atoms with van der Waals surface area (Å²) in [6, 6.07) is 8.23. The SMILES string of the molecule is Cc1ccc(N(CCCN)C(=O)CC2CCCCC2)cc1. The van der Waals surface area contributed by atoms with Gasteiger partial charge in [0.2, 0.25) is 5.91 Å². The summed E-state index contributed by atoms with van der Waals surface area (Å²) in [5, 5.41) is 0. The first kappa shape index (κ1) is 16.0. The Hall–Kier alpha value is -1.35. The minimum atomic E-state index is 0.263. The zero-order valence-corrected chi connectivity index (χ0v) is 13.2. The molecule has 0 unspecified atom stereocenters. The third-order valence-corrected chi connectivity index (χ3v) is 4.42. The molecular formula is C18H28N2O. The number of aryl methyl sites for hydroxylation is 1. The van der Waals surface area contributed by atoms with E-state index in [-0.39, 0.29) is 5.91 Å². The Kier molecular flexibility index (Phi) is 6.24. The quantitative estimate of drug-likeness (QED) is 0.868. The van der Waals surface area contributed by atoms with Gasteiger partial charge in [0, 0.05) is 18.7 Å². The Morgan fingerprint density at radius 1 is 1.19 bits per heavy atom. The Morgan fingerprint density at radius 3 is 2.48 bits per heavy atom. The van der Waals surface area contributed by atoms with Gasteiger partial charge in [0.15, 0.2) is 0 Å². The highest BCUT2D eigenvalue weighted by Gasteiger charge is 2.21. The number of carbonyl (C=O) groups excluding carboxylic acids is 1. The zero-order chi connectivity index (χ0) is 15.1. The van der Waals surface area contributed by atoms with Crippen LogP contribution in [0.3, 0.4) is 0 Å². The molecule has 0 atom stereocenters. The Labute approximate surface area is 128 Å². The van der Waals surface area contributed by atoms with Crippen molar-refractivity contribution in [3.8, 4) is 0 Å². The van der Waals surface area contributed by atoms with Crippen LogP contribution in [0.2, 0.25) is 0 Å². The van der Waals surface area contributed by atoms with Crippen molar-refractivity contribution in [2.45, 2.75) is 51.9 Å². The molecule has 0 heterocycles. The standard InChI is InChI=1S/C18H28N2O/c1-15-8-10-17(11-9-15)20(13-5-12-19)18(21)14-16-6-3-2-4-7-16/h8-11,16H,2-7,12-14,19H2,1H3. The fourth-order valence-electron chi connectivity index (χ4n) is 3.12. The molecule has 2 rings (SSSR count). The van der Waals surface area contributed by atoms with Gasteiger partial charge in [-0.2, -0.15) is 0 Å². The summed E-state index contributed by atoms with van der Waals surface area (Å²) in [6.07, 6.45) is 7.87. The number of anilines is 1. The highest BCUT2D eigenvalue weighted by molar-refractivity contribution is 5.93. The molecule has 0 bridgehead atoms. The maximum absolute atomic E-state index is 12.7. The van der Waals surface area contributed by atoms with Crippen molar-refractivity contribution in [2.75, 3.05) is 18.0 Å². The fourth-order valence-corrected chi connectivity index (χ4v) is 3.12. The van der Waals surface area contributed by atoms with E-state index in [9.17, 15) is 4.79 Å². The summed E-state index contributed by atoms with van der Waals surface area (Å²) < 4.78 is 0. The van der Waals surface area contributed by atoms with Crippen molar-refractivity contribution < 1.29 is 4.79 Å². The van der Waals surface area contributed by atoms with Gasteiger partial charge in [0.25, 0.3) is 0 Å². The summed E-state index contributed by atoms with van der Waals surface area (Å²) in [7, 11) is 0. The number of carbonyl (C=O) groups is 1. The maximum atomic E-state index is 12.7. The lowest BCUT2D eigenvalue weighted by atomic mass is 9.86. The first-order valence-electron chi connectivity index (χ1n) is 8.28. The van der Waals surface area contributed by atoms with Crippen LogP contribution in [0, 0.1) is 12.8 Å². The third-order valence-electron chi connectivity index (χ3n) is 4.42. The zero-order valence-electron chi connectivity index (χ0n) is 13.2. The van der Waals surface area contributed by atoms with E-state index >= 15 is 0 Å². The largest absolute Gasteiger partial charge is 0.330 e. The minimum absolute atomic E-state index is 0.263. The maximum Gasteiger partial charge on any atom is 0.227 e. The number of benzene rings is 1. The van der Waals surface area contributed by atoms with Crippen LogP contribution in [-0.2, 0) is 4.79 Å². The normalized spacial score (nSPS) is 15.9. The van der Waals surface area contributed by atoms with Crippen LogP contribution in [0.25, 0.3) is 0 Å². The van der Waals surface area contributed by atoms with Gasteiger partial charge in [0.05, 0.1) is 0 Å². The lowest BCUT2D eigenvalue weighted by Crippen LogP contribution is -2.34. The van der Waals surface area contributed by atoms with E-state index in [1.165, 1.54) is 37.7 Å². The van der Waals surface area contributed by atoms with E-state index < -0.39 is 0 Å². The molecule has 3 heteroatoms. The van der Waals surface area contributed by atoms with Crippen LogP contribution in [0.4, 0.5) is 5.69 Å². The third kappa shape index (κ3) is 4.85. The summed E-state index contributed by atoms with van der Waals surface area (Å²) >= 11 is 0. The van der Waals surface area contributed by atoms with E-state index in [4.69, 9.17) is 5.73 Å². The Balaban J connectivity index is 2.03. The van der Waals surface area contributed by atoms with Crippen molar-refractivity contribution in [3.63, 3.8) is 0 Å². The molecule has 0 spiro atoms. The topological polar surface area (TPSA) is 46.3 Å². The smallest absolute Gasteiger partial charge is 0.227 e. The number of rotatable bonds is 6. The number of hydrogen-bond acceptors (Lipinski definition) is 2. The Bertz CT molecular complexity index is 435. The van der Waals surface area contributed by atoms with Crippen LogP contribution in [0.15, 0.2) is 24.3 Å². The van der Waals surface area contributed by atoms with Crippen LogP contribution in [-0.4, -0.2) is 19.0 Å². The highest BCUT2D eigenvalue weighted by atomic mass is 16.2. The van der Waals surface area contributed by atoms with Crippen LogP contribution >= 0.6 is 0 Å². The van der Waals surface area contributed by atoms with E-state index in [1.807, 2.05) is 17.0 Å². The van der Waals surface area contributed by atoms with Gasteiger partial charge < -0.3 is 10.6 Å². The van der Waals surface area contributed by atoms with Crippen LogP contribution in [0.1, 0.15) is 50.5 Å². The molecule has 1 aromatic rings. The van der Waals surface area contributed by atoms with Crippen LogP contribution < -0.4 is 10.6 Å². The fraction of sp³-hybridized carbons (Fsp3) is 0.611. The first-order chi connectivity index (χ1) is 10.2. The van der Waals surface area contributed by atoms with Crippen LogP contribution in [0.5, 0.6) is 0 Å². The molecule has 0 saturated heterocycles. The average molecular weight is 288 g/mol. The minimum Gasteiger partial charge on any atom is -0.330 e. The summed E-state index contributed by atoms with van der Waals surface area (Å²) in [5.74, 6) is 0.844. The van der Waals surface area contributed by atoms with E-state index in [1.54, 1.807) is 0 Å². The average Bonchev–Trinajstić information content (AvgIpc) is 2.50. The second-order valence-electron chi connectivity index (χ2n) is 6.23. The second-order valence-corrected chi connectivity index (χ2v) is 6.23. The number of nitrogens with two attached hydrogens (primary N) is 1. The Morgan fingerprint density at radius 2 is 1.86 bits per heavy atom. The van der Waals surface area contributed by atoms with E-state index in [2.05, 4.69) is 19.1 Å². The van der Waals surface area contributed by atoms with E-state index in [0.717, 1.165) is 18.7 Å². The number of amides is 1. The van der Waals surface area contributed by atoms with Crippen molar-refractivity contribution >= 4 is 11.6 Å². The second kappa shape index (κ2) is 8.18. The molecular weight excluding hydrogens is 260 g/mol. The van der Waals surface area contributed by atoms with Gasteiger partial charge in [-0.05, 0) is 50.8 Å². The highest BCUT2D eigenvalue weighted by Crippen LogP contribution is 2.28. The molecule has 1 saturated carbocycles. The van der Waals surface area contributed by atoms with Gasteiger partial charge in [-0.15, -0.1) is 0 Å². The van der Waals surface area contributed by atoms with Gasteiger partial charge in [-0.25, -0.2) is 0 Å². The van der Waals surface area contributed by atoms with Crippen molar-refractivity contribution in [1.29, 1.82) is 0 Å². The summed E-state index contributed by atoms with van der Waals surface area (Å²) in [4.78, 5) is 14.6. The van der Waals surface area contributed by atoms with Gasteiger partial charge in [-0.3, -0.25) is 4.79 Å². The number of nitrogens with zero attached hydrogens (tertiary/aromatic N) is 1. The molecule has 0 aromatic heterocycles. The van der Waals surface area contributed by atoms with E-state index in [0.29, 0.717) is 18.9 Å². The predicted molar refractivity (Wildman–Crippen MR) is 88.4 cm³/mol.